The zero-order valence-corrected chi connectivity index (χ0v) is 24.3. The van der Waals surface area contributed by atoms with E-state index in [4.69, 9.17) is 0 Å². The molecular weight excluding hydrogens is 550 g/mol. The molecule has 0 N–H and O–H groups in total. The number of thiophene rings is 1. The number of piperazine rings is 1. The number of fused-ring (bicyclic) bond motifs is 1. The molecule has 0 saturated carbocycles. The second kappa shape index (κ2) is 11.4. The van der Waals surface area contributed by atoms with Crippen molar-refractivity contribution in [3.05, 3.63) is 69.8 Å². The first-order valence-corrected chi connectivity index (χ1v) is 15.4. The van der Waals surface area contributed by atoms with E-state index in [0.29, 0.717) is 35.3 Å². The van der Waals surface area contributed by atoms with Crippen molar-refractivity contribution in [3.63, 3.8) is 0 Å². The maximum absolute atomic E-state index is 13.9. The Balaban J connectivity index is 1.44. The molecule has 3 aromatic heterocycles. The van der Waals surface area contributed by atoms with Crippen LogP contribution in [-0.4, -0.2) is 70.9 Å². The van der Waals surface area contributed by atoms with Crippen LogP contribution in [0.2, 0.25) is 0 Å². The molecule has 0 radical (unpaired) electrons. The quantitative estimate of drug-likeness (QED) is 0.311. The van der Waals surface area contributed by atoms with Gasteiger partial charge in [-0.2, -0.15) is 4.31 Å². The second-order valence-electron chi connectivity index (χ2n) is 9.41. The number of hydrogen-bond donors (Lipinski definition) is 0. The maximum Gasteiger partial charge on any atom is 0.263 e. The minimum absolute atomic E-state index is 0.0279. The molecule has 1 amide bonds. The van der Waals surface area contributed by atoms with Crippen molar-refractivity contribution in [2.75, 3.05) is 42.5 Å². The molecule has 0 unspecified atom stereocenters. The molecule has 0 aliphatic carbocycles. The summed E-state index contributed by atoms with van der Waals surface area (Å²) >= 11 is 1.17. The topological polar surface area (TPSA) is 122 Å². The van der Waals surface area contributed by atoms with Gasteiger partial charge in [0, 0.05) is 55.7 Å². The molecule has 0 atom stereocenters. The third kappa shape index (κ3) is 5.11. The minimum atomic E-state index is -3.99. The van der Waals surface area contributed by atoms with E-state index in [1.54, 1.807) is 30.3 Å². The van der Waals surface area contributed by atoms with Gasteiger partial charge in [-0.15, -0.1) is 11.3 Å². The van der Waals surface area contributed by atoms with Crippen molar-refractivity contribution in [2.24, 2.45) is 0 Å². The number of aryl methyl sites for hydroxylation is 2. The summed E-state index contributed by atoms with van der Waals surface area (Å²) in [6.45, 7) is 7.07. The van der Waals surface area contributed by atoms with Crippen LogP contribution in [0.3, 0.4) is 0 Å². The number of carbonyl (C=O) groups excluding carboxylic acids is 1. The Hall–Kier alpha value is -3.68. The average molecular weight is 582 g/mol. The number of para-hydroxylation sites is 1. The number of carbonyl (C=O) groups is 1. The van der Waals surface area contributed by atoms with Crippen LogP contribution >= 0.6 is 11.3 Å². The highest BCUT2D eigenvalue weighted by Gasteiger charge is 2.34. The summed E-state index contributed by atoms with van der Waals surface area (Å²) in [7, 11) is -3.99. The lowest BCUT2D eigenvalue weighted by atomic mass is 10.1. The summed E-state index contributed by atoms with van der Waals surface area (Å²) in [5, 5.41) is 0.0311. The highest BCUT2D eigenvalue weighted by molar-refractivity contribution is 7.89. The van der Waals surface area contributed by atoms with E-state index >= 15 is 0 Å². The Kier molecular flexibility index (Phi) is 7.97. The summed E-state index contributed by atoms with van der Waals surface area (Å²) in [6, 6.07) is 9.40. The van der Waals surface area contributed by atoms with E-state index < -0.39 is 15.6 Å². The van der Waals surface area contributed by atoms with Crippen molar-refractivity contribution in [2.45, 2.75) is 38.6 Å². The molecule has 0 bridgehead atoms. The third-order valence-corrected chi connectivity index (χ3v) is 10.3. The monoisotopic (exact) mass is 581 g/mol. The van der Waals surface area contributed by atoms with Crippen molar-refractivity contribution in [1.82, 2.24) is 23.8 Å². The predicted molar refractivity (Wildman–Crippen MR) is 155 cm³/mol. The summed E-state index contributed by atoms with van der Waals surface area (Å²) in [4.78, 5) is 44.3. The lowest BCUT2D eigenvalue weighted by molar-refractivity contribution is -0.119. The number of sulfonamides is 1. The van der Waals surface area contributed by atoms with Gasteiger partial charge < -0.3 is 9.80 Å². The molecule has 13 heteroatoms. The molecule has 11 nitrogen and oxygen atoms in total. The molecule has 1 fully saturated rings. The number of hydrogen-bond acceptors (Lipinski definition) is 9. The average Bonchev–Trinajstić information content (AvgIpc) is 3.33. The third-order valence-electron chi connectivity index (χ3n) is 7.06. The molecule has 210 valence electrons. The van der Waals surface area contributed by atoms with Crippen LogP contribution in [-0.2, 0) is 27.8 Å². The van der Waals surface area contributed by atoms with E-state index in [9.17, 15) is 18.0 Å². The van der Waals surface area contributed by atoms with Crippen molar-refractivity contribution < 1.29 is 13.2 Å². The van der Waals surface area contributed by atoms with Gasteiger partial charge in [0.15, 0.2) is 0 Å². The SMILES string of the molecule is CCc1ccccc1N(CC)C(=O)Cn1cnc2sc(C)c(S(=O)(=O)N3CCN(c4ncccn4)CC3)c2c1=O. The van der Waals surface area contributed by atoms with Gasteiger partial charge in [-0.05, 0) is 38.0 Å². The van der Waals surface area contributed by atoms with Crippen LogP contribution in [0, 0.1) is 6.92 Å². The highest BCUT2D eigenvalue weighted by Crippen LogP contribution is 2.33. The number of nitrogens with zero attached hydrogens (tertiary/aromatic N) is 7. The van der Waals surface area contributed by atoms with Crippen LogP contribution in [0.25, 0.3) is 10.2 Å². The van der Waals surface area contributed by atoms with Gasteiger partial charge in [-0.25, -0.2) is 23.4 Å². The fraction of sp³-hybridized carbons (Fsp3) is 0.370. The second-order valence-corrected chi connectivity index (χ2v) is 12.5. The van der Waals surface area contributed by atoms with Gasteiger partial charge >= 0.3 is 0 Å². The van der Waals surface area contributed by atoms with Crippen LogP contribution in [0.4, 0.5) is 11.6 Å². The predicted octanol–water partition coefficient (Wildman–Crippen LogP) is 2.68. The number of anilines is 2. The van der Waals surface area contributed by atoms with E-state index in [1.807, 2.05) is 43.0 Å². The van der Waals surface area contributed by atoms with E-state index in [-0.39, 0.29) is 35.8 Å². The fourth-order valence-electron chi connectivity index (χ4n) is 5.03. The van der Waals surface area contributed by atoms with E-state index in [0.717, 1.165) is 17.7 Å². The Bertz CT molecular complexity index is 1700. The molecule has 1 aromatic carbocycles. The summed E-state index contributed by atoms with van der Waals surface area (Å²) < 4.78 is 30.3. The first-order valence-electron chi connectivity index (χ1n) is 13.1. The fourth-order valence-corrected chi connectivity index (χ4v) is 8.12. The summed E-state index contributed by atoms with van der Waals surface area (Å²) in [5.74, 6) is 0.276. The molecule has 1 aliphatic heterocycles. The number of rotatable bonds is 8. The van der Waals surface area contributed by atoms with E-state index in [2.05, 4.69) is 15.0 Å². The molecule has 1 saturated heterocycles. The van der Waals surface area contributed by atoms with Crippen molar-refractivity contribution >= 4 is 49.1 Å². The molecule has 4 aromatic rings. The molecule has 5 rings (SSSR count). The maximum atomic E-state index is 13.9. The lowest BCUT2D eigenvalue weighted by Gasteiger charge is -2.33. The van der Waals surface area contributed by atoms with Crippen LogP contribution < -0.4 is 15.4 Å². The van der Waals surface area contributed by atoms with Crippen LogP contribution in [0.5, 0.6) is 0 Å². The molecule has 1 aliphatic rings. The summed E-state index contributed by atoms with van der Waals surface area (Å²) in [6.07, 6.45) is 5.39. The lowest BCUT2D eigenvalue weighted by Crippen LogP contribution is -2.49. The molecule has 0 spiro atoms. The largest absolute Gasteiger partial charge is 0.338 e. The Morgan fingerprint density at radius 2 is 1.73 bits per heavy atom. The smallest absolute Gasteiger partial charge is 0.263 e. The van der Waals surface area contributed by atoms with Crippen molar-refractivity contribution in [1.29, 1.82) is 0 Å². The van der Waals surface area contributed by atoms with Gasteiger partial charge in [0.05, 0.1) is 11.7 Å². The van der Waals surface area contributed by atoms with Crippen molar-refractivity contribution in [3.8, 4) is 0 Å². The molecule has 40 heavy (non-hydrogen) atoms. The zero-order chi connectivity index (χ0) is 28.4. The minimum Gasteiger partial charge on any atom is -0.338 e. The van der Waals surface area contributed by atoms with Gasteiger partial charge in [-0.1, -0.05) is 25.1 Å². The summed E-state index contributed by atoms with van der Waals surface area (Å²) in [5.41, 5.74) is 1.28. The van der Waals surface area contributed by atoms with Gasteiger partial charge in [0.2, 0.25) is 21.9 Å². The number of aromatic nitrogens is 4. The number of benzene rings is 1. The number of likely N-dealkylation sites (N-methyl/N-ethyl adjacent to an activating group) is 1. The number of amides is 1. The van der Waals surface area contributed by atoms with Gasteiger partial charge in [0.1, 0.15) is 16.3 Å². The Morgan fingerprint density at radius 3 is 2.40 bits per heavy atom. The standard InChI is InChI=1S/C27H31N7O4S2/c1-4-20-9-6-7-10-21(20)34(5-2)22(35)17-32-18-30-25-23(26(32)36)24(19(3)39-25)40(37,38)33-15-13-31(14-16-33)27-28-11-8-12-29-27/h6-12,18H,4-5,13-17H2,1-3H3. The van der Waals surface area contributed by atoms with E-state index in [1.165, 1.54) is 26.5 Å². The van der Waals surface area contributed by atoms with Gasteiger partial charge in [-0.3, -0.25) is 14.2 Å². The molecule has 4 heterocycles. The van der Waals surface area contributed by atoms with Gasteiger partial charge in [0.25, 0.3) is 5.56 Å². The first kappa shape index (κ1) is 27.9. The Morgan fingerprint density at radius 1 is 1.02 bits per heavy atom. The first-order chi connectivity index (χ1) is 19.3. The van der Waals surface area contributed by atoms with Crippen LogP contribution in [0.1, 0.15) is 24.3 Å². The van der Waals surface area contributed by atoms with Crippen LogP contribution in [0.15, 0.2) is 58.7 Å². The molecular formula is C27H31N7O4S2. The normalized spacial score (nSPS) is 14.5. The Labute approximate surface area is 236 Å². The zero-order valence-electron chi connectivity index (χ0n) is 22.6. The highest BCUT2D eigenvalue weighted by atomic mass is 32.2.